The highest BCUT2D eigenvalue weighted by Crippen LogP contribution is 2.42. The number of rotatable bonds is 3. The Hall–Kier alpha value is -1.38. The molecule has 1 aromatic carbocycles. The predicted molar refractivity (Wildman–Crippen MR) is 76.9 cm³/mol. The number of hydrogen-bond acceptors (Lipinski definition) is 1. The molecule has 2 aliphatic rings. The molecule has 0 heterocycles. The third-order valence-electron chi connectivity index (χ3n) is 4.96. The van der Waals surface area contributed by atoms with Crippen LogP contribution in [0.3, 0.4) is 0 Å². The molecule has 0 unspecified atom stereocenters. The molecule has 0 spiro atoms. The van der Waals surface area contributed by atoms with Crippen molar-refractivity contribution in [2.75, 3.05) is 0 Å². The molecule has 0 atom stereocenters. The zero-order chi connectivity index (χ0) is 14.0. The Morgan fingerprint density at radius 1 is 1.15 bits per heavy atom. The first-order valence-corrected chi connectivity index (χ1v) is 7.78. The Kier molecular flexibility index (Phi) is 3.77. The predicted octanol–water partition coefficient (Wildman–Crippen LogP) is 3.70. The number of benzene rings is 1. The number of halogens is 1. The van der Waals surface area contributed by atoms with Crippen LogP contribution in [0.4, 0.5) is 4.39 Å². The Balaban J connectivity index is 1.85. The smallest absolute Gasteiger partial charge is 0.230 e. The maximum absolute atomic E-state index is 13.5. The quantitative estimate of drug-likeness (QED) is 0.895. The first-order chi connectivity index (χ1) is 9.71. The van der Waals surface area contributed by atoms with Gasteiger partial charge in [0, 0.05) is 6.04 Å². The van der Waals surface area contributed by atoms with E-state index < -0.39 is 5.41 Å². The number of carbonyl (C=O) groups is 1. The molecule has 0 bridgehead atoms. The van der Waals surface area contributed by atoms with Gasteiger partial charge in [-0.3, -0.25) is 4.79 Å². The molecular weight excluding hydrogens is 253 g/mol. The van der Waals surface area contributed by atoms with E-state index in [1.54, 1.807) is 12.1 Å². The van der Waals surface area contributed by atoms with E-state index in [-0.39, 0.29) is 11.7 Å². The van der Waals surface area contributed by atoms with Crippen LogP contribution in [-0.2, 0) is 10.2 Å². The molecule has 20 heavy (non-hydrogen) atoms. The van der Waals surface area contributed by atoms with Crippen molar-refractivity contribution in [2.24, 2.45) is 0 Å². The molecule has 2 aliphatic carbocycles. The molecule has 0 radical (unpaired) electrons. The molecule has 2 nitrogen and oxygen atoms in total. The molecule has 3 heteroatoms. The van der Waals surface area contributed by atoms with Gasteiger partial charge in [0.2, 0.25) is 5.91 Å². The van der Waals surface area contributed by atoms with Gasteiger partial charge in [-0.25, -0.2) is 4.39 Å². The van der Waals surface area contributed by atoms with Gasteiger partial charge in [0.1, 0.15) is 5.82 Å². The van der Waals surface area contributed by atoms with Crippen LogP contribution in [-0.4, -0.2) is 11.9 Å². The van der Waals surface area contributed by atoms with Crippen molar-refractivity contribution in [3.8, 4) is 0 Å². The number of amides is 1. The van der Waals surface area contributed by atoms with Crippen LogP contribution in [0.1, 0.15) is 56.9 Å². The summed E-state index contributed by atoms with van der Waals surface area (Å²) in [5.41, 5.74) is 0.357. The second-order valence-corrected chi connectivity index (χ2v) is 6.25. The Morgan fingerprint density at radius 3 is 2.50 bits per heavy atom. The maximum Gasteiger partial charge on any atom is 0.230 e. The fourth-order valence-electron chi connectivity index (χ4n) is 3.81. The Bertz CT molecular complexity index is 488. The summed E-state index contributed by atoms with van der Waals surface area (Å²) in [6.07, 6.45) is 8.37. The average molecular weight is 275 g/mol. The van der Waals surface area contributed by atoms with Gasteiger partial charge in [0.15, 0.2) is 0 Å². The van der Waals surface area contributed by atoms with Gasteiger partial charge in [-0.1, -0.05) is 37.8 Å². The van der Waals surface area contributed by atoms with E-state index in [0.29, 0.717) is 6.04 Å². The summed E-state index contributed by atoms with van der Waals surface area (Å²) in [7, 11) is 0. The molecule has 1 amide bonds. The number of carbonyl (C=O) groups excluding carboxylic acids is 1. The zero-order valence-electron chi connectivity index (χ0n) is 11.8. The Labute approximate surface area is 119 Å². The average Bonchev–Trinajstić information content (AvgIpc) is 3.10. The molecule has 3 rings (SSSR count). The second kappa shape index (κ2) is 5.55. The monoisotopic (exact) mass is 275 g/mol. The van der Waals surface area contributed by atoms with Crippen LogP contribution in [0.25, 0.3) is 0 Å². The molecule has 0 aliphatic heterocycles. The van der Waals surface area contributed by atoms with Crippen molar-refractivity contribution in [2.45, 2.75) is 62.8 Å². The van der Waals surface area contributed by atoms with Gasteiger partial charge in [-0.05, 0) is 43.4 Å². The minimum atomic E-state index is -0.495. The van der Waals surface area contributed by atoms with E-state index in [4.69, 9.17) is 0 Å². The first kappa shape index (κ1) is 13.6. The lowest BCUT2D eigenvalue weighted by Gasteiger charge is -2.30. The van der Waals surface area contributed by atoms with E-state index in [9.17, 15) is 9.18 Å². The minimum absolute atomic E-state index is 0.118. The molecule has 2 fully saturated rings. The summed E-state index contributed by atoms with van der Waals surface area (Å²) in [6.45, 7) is 0. The molecule has 0 saturated heterocycles. The highest BCUT2D eigenvalue weighted by molar-refractivity contribution is 5.88. The highest BCUT2D eigenvalue weighted by Gasteiger charge is 2.43. The van der Waals surface area contributed by atoms with E-state index in [1.807, 2.05) is 6.07 Å². The van der Waals surface area contributed by atoms with Gasteiger partial charge in [0.25, 0.3) is 0 Å². The van der Waals surface area contributed by atoms with Crippen LogP contribution < -0.4 is 5.32 Å². The van der Waals surface area contributed by atoms with E-state index in [0.717, 1.165) is 44.1 Å². The van der Waals surface area contributed by atoms with E-state index >= 15 is 0 Å². The van der Waals surface area contributed by atoms with Crippen molar-refractivity contribution in [1.82, 2.24) is 5.32 Å². The van der Waals surface area contributed by atoms with Crippen LogP contribution in [0.15, 0.2) is 24.3 Å². The van der Waals surface area contributed by atoms with Crippen molar-refractivity contribution in [3.05, 3.63) is 35.6 Å². The summed E-state index contributed by atoms with van der Waals surface area (Å²) < 4.78 is 13.5. The number of nitrogens with one attached hydrogen (secondary N) is 1. The lowest BCUT2D eigenvalue weighted by Crippen LogP contribution is -2.46. The third kappa shape index (κ3) is 2.46. The zero-order valence-corrected chi connectivity index (χ0v) is 11.8. The van der Waals surface area contributed by atoms with Crippen LogP contribution in [0.2, 0.25) is 0 Å². The standard InChI is InChI=1S/C17H22FNO/c18-14-7-5-6-13(12-14)17(10-3-4-11-17)16(20)19-15-8-1-2-9-15/h5-7,12,15H,1-4,8-11H2,(H,19,20). The molecule has 0 aromatic heterocycles. The second-order valence-electron chi connectivity index (χ2n) is 6.25. The van der Waals surface area contributed by atoms with Crippen LogP contribution >= 0.6 is 0 Å². The fourth-order valence-corrected chi connectivity index (χ4v) is 3.81. The molecule has 108 valence electrons. The molecule has 1 aromatic rings. The van der Waals surface area contributed by atoms with Gasteiger partial charge >= 0.3 is 0 Å². The number of hydrogen-bond donors (Lipinski definition) is 1. The van der Waals surface area contributed by atoms with Gasteiger partial charge in [-0.15, -0.1) is 0 Å². The highest BCUT2D eigenvalue weighted by atomic mass is 19.1. The van der Waals surface area contributed by atoms with Crippen molar-refractivity contribution < 1.29 is 9.18 Å². The lowest BCUT2D eigenvalue weighted by molar-refractivity contribution is -0.127. The van der Waals surface area contributed by atoms with E-state index in [1.165, 1.54) is 18.9 Å². The summed E-state index contributed by atoms with van der Waals surface area (Å²) in [5.74, 6) is -0.130. The van der Waals surface area contributed by atoms with Crippen molar-refractivity contribution >= 4 is 5.91 Å². The summed E-state index contributed by atoms with van der Waals surface area (Å²) in [5, 5.41) is 3.22. The Morgan fingerprint density at radius 2 is 1.85 bits per heavy atom. The summed E-state index contributed by atoms with van der Waals surface area (Å²) in [4.78, 5) is 12.8. The maximum atomic E-state index is 13.5. The molecule has 1 N–H and O–H groups in total. The summed E-state index contributed by atoms with van der Waals surface area (Å²) in [6, 6.07) is 6.94. The van der Waals surface area contributed by atoms with Gasteiger partial charge in [-0.2, -0.15) is 0 Å². The van der Waals surface area contributed by atoms with E-state index in [2.05, 4.69) is 5.32 Å². The SMILES string of the molecule is O=C(NC1CCCC1)C1(c2cccc(F)c2)CCCC1. The van der Waals surface area contributed by atoms with Gasteiger partial charge < -0.3 is 5.32 Å². The normalized spacial score (nSPS) is 22.1. The van der Waals surface area contributed by atoms with Crippen LogP contribution in [0, 0.1) is 5.82 Å². The first-order valence-electron chi connectivity index (χ1n) is 7.78. The van der Waals surface area contributed by atoms with Gasteiger partial charge in [0.05, 0.1) is 5.41 Å². The lowest BCUT2D eigenvalue weighted by atomic mass is 9.77. The largest absolute Gasteiger partial charge is 0.353 e. The molecular formula is C17H22FNO. The van der Waals surface area contributed by atoms with Crippen molar-refractivity contribution in [3.63, 3.8) is 0 Å². The fraction of sp³-hybridized carbons (Fsp3) is 0.588. The van der Waals surface area contributed by atoms with Crippen molar-refractivity contribution in [1.29, 1.82) is 0 Å². The van der Waals surface area contributed by atoms with Crippen LogP contribution in [0.5, 0.6) is 0 Å². The molecule has 2 saturated carbocycles. The topological polar surface area (TPSA) is 29.1 Å². The summed E-state index contributed by atoms with van der Waals surface area (Å²) >= 11 is 0. The minimum Gasteiger partial charge on any atom is -0.353 e. The third-order valence-corrected chi connectivity index (χ3v) is 4.96.